The number of fused-ring (bicyclic) bond motifs is 3. The predicted octanol–water partition coefficient (Wildman–Crippen LogP) is 5.85. The highest BCUT2D eigenvalue weighted by molar-refractivity contribution is 5.81. The number of para-hydroxylation sites is 1. The van der Waals surface area contributed by atoms with E-state index in [0.717, 1.165) is 30.9 Å². The Kier molecular flexibility index (Phi) is 4.19. The van der Waals surface area contributed by atoms with Crippen molar-refractivity contribution in [1.29, 1.82) is 0 Å². The molecule has 25 heavy (non-hydrogen) atoms. The topological polar surface area (TPSA) is 15.3 Å². The van der Waals surface area contributed by atoms with Crippen LogP contribution in [0.4, 0.5) is 17.1 Å². The Bertz CT molecular complexity index is 880. The summed E-state index contributed by atoms with van der Waals surface area (Å²) in [7, 11) is 0. The van der Waals surface area contributed by atoms with Crippen molar-refractivity contribution in [2.45, 2.75) is 20.3 Å². The highest BCUT2D eigenvalue weighted by atomic mass is 15.1. The number of anilines is 3. The van der Waals surface area contributed by atoms with Gasteiger partial charge in [0.05, 0.1) is 0 Å². The number of hydrogen-bond acceptors (Lipinski definition) is 2. The molecule has 3 aromatic rings. The third-order valence-corrected chi connectivity index (χ3v) is 5.06. The third-order valence-electron chi connectivity index (χ3n) is 5.06. The van der Waals surface area contributed by atoms with Gasteiger partial charge in [-0.15, -0.1) is 0 Å². The van der Waals surface area contributed by atoms with Crippen molar-refractivity contribution in [2.75, 3.05) is 23.3 Å². The summed E-state index contributed by atoms with van der Waals surface area (Å²) in [5, 5.41) is 3.50. The predicted molar refractivity (Wildman–Crippen MR) is 108 cm³/mol. The van der Waals surface area contributed by atoms with Crippen LogP contribution in [0.1, 0.15) is 25.0 Å². The minimum atomic E-state index is 1.02. The Morgan fingerprint density at radius 1 is 0.760 bits per heavy atom. The smallest absolute Gasteiger partial charge is 0.0387 e. The quantitative estimate of drug-likeness (QED) is 0.494. The van der Waals surface area contributed by atoms with Gasteiger partial charge in [-0.2, -0.15) is 0 Å². The van der Waals surface area contributed by atoms with Gasteiger partial charge in [-0.1, -0.05) is 30.3 Å². The van der Waals surface area contributed by atoms with Crippen LogP contribution >= 0.6 is 0 Å². The fraction of sp³-hybridized carbons (Fsp3) is 0.217. The molecule has 0 heterocycles. The van der Waals surface area contributed by atoms with E-state index >= 15 is 0 Å². The first kappa shape index (κ1) is 15.8. The van der Waals surface area contributed by atoms with Crippen LogP contribution in [-0.2, 0) is 6.42 Å². The lowest BCUT2D eigenvalue weighted by molar-refractivity contribution is 0.866. The largest absolute Gasteiger partial charge is 0.372 e. The van der Waals surface area contributed by atoms with Crippen molar-refractivity contribution in [3.8, 4) is 11.1 Å². The van der Waals surface area contributed by atoms with E-state index < -0.39 is 0 Å². The maximum absolute atomic E-state index is 3.50. The molecule has 0 bridgehead atoms. The molecule has 0 unspecified atom stereocenters. The van der Waals surface area contributed by atoms with Crippen LogP contribution in [0.25, 0.3) is 11.1 Å². The van der Waals surface area contributed by atoms with Gasteiger partial charge in [0, 0.05) is 30.2 Å². The molecule has 1 aliphatic rings. The molecule has 0 saturated heterocycles. The van der Waals surface area contributed by atoms with E-state index in [4.69, 9.17) is 0 Å². The van der Waals surface area contributed by atoms with Crippen LogP contribution in [0.2, 0.25) is 0 Å². The van der Waals surface area contributed by atoms with Crippen LogP contribution in [0.15, 0.2) is 66.7 Å². The zero-order chi connectivity index (χ0) is 17.2. The molecule has 1 N–H and O–H groups in total. The van der Waals surface area contributed by atoms with Gasteiger partial charge in [-0.25, -0.2) is 0 Å². The van der Waals surface area contributed by atoms with Crippen molar-refractivity contribution in [2.24, 2.45) is 0 Å². The highest BCUT2D eigenvalue weighted by Gasteiger charge is 2.19. The molecule has 0 amide bonds. The zero-order valence-electron chi connectivity index (χ0n) is 14.9. The van der Waals surface area contributed by atoms with Crippen molar-refractivity contribution in [3.05, 3.63) is 77.9 Å². The molecule has 4 rings (SSSR count). The Labute approximate surface area is 150 Å². The summed E-state index contributed by atoms with van der Waals surface area (Å²) >= 11 is 0. The van der Waals surface area contributed by atoms with Crippen molar-refractivity contribution in [3.63, 3.8) is 0 Å². The molecule has 0 aliphatic heterocycles. The zero-order valence-corrected chi connectivity index (χ0v) is 14.9. The van der Waals surface area contributed by atoms with E-state index in [9.17, 15) is 0 Å². The van der Waals surface area contributed by atoms with Crippen LogP contribution in [0.5, 0.6) is 0 Å². The van der Waals surface area contributed by atoms with Gasteiger partial charge in [0.25, 0.3) is 0 Å². The normalized spacial score (nSPS) is 11.8. The summed E-state index contributed by atoms with van der Waals surface area (Å²) in [4.78, 5) is 2.41. The molecule has 126 valence electrons. The van der Waals surface area contributed by atoms with Gasteiger partial charge in [-0.05, 0) is 78.9 Å². The summed E-state index contributed by atoms with van der Waals surface area (Å²) < 4.78 is 0. The van der Waals surface area contributed by atoms with E-state index in [-0.39, 0.29) is 0 Å². The summed E-state index contributed by atoms with van der Waals surface area (Å²) in [5.74, 6) is 0. The van der Waals surface area contributed by atoms with Crippen LogP contribution < -0.4 is 10.2 Å². The SMILES string of the molecule is CCN(CC)c1ccc2c(c1)-c1ccc(Nc3ccccc3)cc1C2. The minimum Gasteiger partial charge on any atom is -0.372 e. The summed E-state index contributed by atoms with van der Waals surface area (Å²) in [5.41, 5.74) is 9.22. The number of hydrogen-bond donors (Lipinski definition) is 1. The van der Waals surface area contributed by atoms with E-state index in [1.807, 2.05) is 6.07 Å². The van der Waals surface area contributed by atoms with Crippen LogP contribution in [0.3, 0.4) is 0 Å². The summed E-state index contributed by atoms with van der Waals surface area (Å²) in [6.45, 7) is 6.52. The standard InChI is InChI=1S/C23H24N2/c1-3-25(4-2)21-12-10-17-14-18-15-20(11-13-22(18)23(17)16-21)24-19-8-6-5-7-9-19/h5-13,15-16,24H,3-4,14H2,1-2H3. The van der Waals surface area contributed by atoms with Gasteiger partial charge in [-0.3, -0.25) is 0 Å². The number of benzene rings is 3. The van der Waals surface area contributed by atoms with E-state index in [2.05, 4.69) is 84.7 Å². The average Bonchev–Trinajstić information content (AvgIpc) is 3.01. The van der Waals surface area contributed by atoms with Gasteiger partial charge in [0.15, 0.2) is 0 Å². The second-order valence-corrected chi connectivity index (χ2v) is 6.55. The molecule has 0 saturated carbocycles. The lowest BCUT2D eigenvalue weighted by atomic mass is 10.0. The fourth-order valence-corrected chi connectivity index (χ4v) is 3.73. The fourth-order valence-electron chi connectivity index (χ4n) is 3.73. The van der Waals surface area contributed by atoms with Crippen LogP contribution in [-0.4, -0.2) is 13.1 Å². The molecular formula is C23H24N2. The van der Waals surface area contributed by atoms with E-state index in [1.165, 1.54) is 27.9 Å². The molecule has 2 heteroatoms. The Morgan fingerprint density at radius 3 is 2.32 bits per heavy atom. The van der Waals surface area contributed by atoms with Crippen LogP contribution in [0, 0.1) is 0 Å². The number of rotatable bonds is 5. The molecular weight excluding hydrogens is 304 g/mol. The Hall–Kier alpha value is -2.74. The molecule has 0 radical (unpaired) electrons. The van der Waals surface area contributed by atoms with Gasteiger partial charge in [0.1, 0.15) is 0 Å². The maximum atomic E-state index is 3.50. The molecule has 3 aromatic carbocycles. The summed E-state index contributed by atoms with van der Waals surface area (Å²) in [6, 6.07) is 24.0. The minimum absolute atomic E-state index is 1.02. The molecule has 1 aliphatic carbocycles. The van der Waals surface area contributed by atoms with Gasteiger partial charge < -0.3 is 10.2 Å². The Balaban J connectivity index is 1.65. The van der Waals surface area contributed by atoms with Crippen molar-refractivity contribution >= 4 is 17.1 Å². The lowest BCUT2D eigenvalue weighted by Gasteiger charge is -2.21. The second kappa shape index (κ2) is 6.64. The summed E-state index contributed by atoms with van der Waals surface area (Å²) in [6.07, 6.45) is 1.02. The van der Waals surface area contributed by atoms with E-state index in [1.54, 1.807) is 0 Å². The third kappa shape index (κ3) is 3.00. The first-order valence-electron chi connectivity index (χ1n) is 9.11. The van der Waals surface area contributed by atoms with Crippen molar-refractivity contribution in [1.82, 2.24) is 0 Å². The van der Waals surface area contributed by atoms with E-state index in [0.29, 0.717) is 0 Å². The first-order chi connectivity index (χ1) is 12.3. The molecule has 0 fully saturated rings. The first-order valence-corrected chi connectivity index (χ1v) is 9.11. The maximum Gasteiger partial charge on any atom is 0.0387 e. The van der Waals surface area contributed by atoms with Gasteiger partial charge >= 0.3 is 0 Å². The van der Waals surface area contributed by atoms with Crippen molar-refractivity contribution < 1.29 is 0 Å². The molecule has 0 aromatic heterocycles. The second-order valence-electron chi connectivity index (χ2n) is 6.55. The average molecular weight is 328 g/mol. The number of nitrogens with one attached hydrogen (secondary N) is 1. The molecule has 0 atom stereocenters. The highest BCUT2D eigenvalue weighted by Crippen LogP contribution is 2.40. The lowest BCUT2D eigenvalue weighted by Crippen LogP contribution is -2.21. The molecule has 2 nitrogen and oxygen atoms in total. The monoisotopic (exact) mass is 328 g/mol. The number of nitrogens with zero attached hydrogens (tertiary/aromatic N) is 1. The van der Waals surface area contributed by atoms with Gasteiger partial charge in [0.2, 0.25) is 0 Å². The Morgan fingerprint density at radius 2 is 1.56 bits per heavy atom. The molecule has 0 spiro atoms.